The molecule has 0 aliphatic carbocycles. The van der Waals surface area contributed by atoms with E-state index >= 15 is 0 Å². The minimum atomic E-state index is -0.453. The standard InChI is InChI=1S/C12H23NO3/c1-9-6-13(7-10(2)16-9)8-12(3,4)11(14)15-5/h9-10H,6-8H2,1-5H3/t9-,10+. The number of ether oxygens (including phenoxy) is 2. The number of morpholine rings is 1. The maximum Gasteiger partial charge on any atom is 0.312 e. The van der Waals surface area contributed by atoms with Crippen molar-refractivity contribution < 1.29 is 14.3 Å². The van der Waals surface area contributed by atoms with Crippen LogP contribution in [0.15, 0.2) is 0 Å². The van der Waals surface area contributed by atoms with Gasteiger partial charge in [-0.2, -0.15) is 0 Å². The molecule has 1 rings (SSSR count). The Hall–Kier alpha value is -0.610. The van der Waals surface area contributed by atoms with Gasteiger partial charge in [-0.3, -0.25) is 9.69 Å². The maximum absolute atomic E-state index is 11.6. The van der Waals surface area contributed by atoms with E-state index in [-0.39, 0.29) is 18.2 Å². The molecule has 2 atom stereocenters. The smallest absolute Gasteiger partial charge is 0.312 e. The Labute approximate surface area is 97.9 Å². The van der Waals surface area contributed by atoms with Gasteiger partial charge in [0.15, 0.2) is 0 Å². The zero-order valence-corrected chi connectivity index (χ0v) is 10.9. The number of methoxy groups -OCH3 is 1. The summed E-state index contributed by atoms with van der Waals surface area (Å²) in [5, 5.41) is 0. The quantitative estimate of drug-likeness (QED) is 0.684. The van der Waals surface area contributed by atoms with Crippen molar-refractivity contribution in [3.05, 3.63) is 0 Å². The summed E-state index contributed by atoms with van der Waals surface area (Å²) in [5.74, 6) is -0.153. The third kappa shape index (κ3) is 3.46. The summed E-state index contributed by atoms with van der Waals surface area (Å²) >= 11 is 0. The molecule has 0 radical (unpaired) electrons. The van der Waals surface area contributed by atoms with Crippen LogP contribution in [0.1, 0.15) is 27.7 Å². The van der Waals surface area contributed by atoms with Crippen LogP contribution in [0.25, 0.3) is 0 Å². The van der Waals surface area contributed by atoms with Gasteiger partial charge in [-0.05, 0) is 27.7 Å². The Kier molecular flexibility index (Phi) is 4.33. The molecule has 1 aliphatic rings. The molecule has 0 spiro atoms. The summed E-state index contributed by atoms with van der Waals surface area (Å²) in [7, 11) is 1.44. The average molecular weight is 229 g/mol. The lowest BCUT2D eigenvalue weighted by Crippen LogP contribution is -2.50. The molecule has 1 saturated heterocycles. The summed E-state index contributed by atoms with van der Waals surface area (Å²) in [6.45, 7) is 10.4. The van der Waals surface area contributed by atoms with Crippen LogP contribution >= 0.6 is 0 Å². The van der Waals surface area contributed by atoms with Crippen molar-refractivity contribution >= 4 is 5.97 Å². The van der Waals surface area contributed by atoms with Gasteiger partial charge in [0.05, 0.1) is 24.7 Å². The highest BCUT2D eigenvalue weighted by molar-refractivity contribution is 5.76. The minimum absolute atomic E-state index is 0.153. The predicted octanol–water partition coefficient (Wildman–Crippen LogP) is 1.29. The molecule has 16 heavy (non-hydrogen) atoms. The van der Waals surface area contributed by atoms with E-state index in [0.717, 1.165) is 19.6 Å². The summed E-state index contributed by atoms with van der Waals surface area (Å²) in [4.78, 5) is 13.9. The first-order chi connectivity index (χ1) is 7.35. The minimum Gasteiger partial charge on any atom is -0.469 e. The first kappa shape index (κ1) is 13.5. The molecule has 0 unspecified atom stereocenters. The lowest BCUT2D eigenvalue weighted by atomic mass is 9.92. The average Bonchev–Trinajstić information content (AvgIpc) is 2.13. The highest BCUT2D eigenvalue weighted by Gasteiger charge is 2.33. The van der Waals surface area contributed by atoms with Gasteiger partial charge >= 0.3 is 5.97 Å². The molecular weight excluding hydrogens is 206 g/mol. The molecule has 94 valence electrons. The van der Waals surface area contributed by atoms with Gasteiger partial charge in [0, 0.05) is 19.6 Å². The molecule has 0 amide bonds. The Bertz CT molecular complexity index is 243. The molecule has 0 aromatic rings. The van der Waals surface area contributed by atoms with Crippen LogP contribution in [0.4, 0.5) is 0 Å². The third-order valence-electron chi connectivity index (χ3n) is 2.85. The van der Waals surface area contributed by atoms with Crippen molar-refractivity contribution in [1.82, 2.24) is 4.90 Å². The van der Waals surface area contributed by atoms with Crippen molar-refractivity contribution in [3.63, 3.8) is 0 Å². The molecule has 0 saturated carbocycles. The second-order valence-corrected chi connectivity index (χ2v) is 5.33. The molecule has 1 heterocycles. The van der Waals surface area contributed by atoms with Crippen LogP contribution in [0, 0.1) is 5.41 Å². The van der Waals surface area contributed by atoms with Crippen LogP contribution in [0.5, 0.6) is 0 Å². The van der Waals surface area contributed by atoms with Gasteiger partial charge in [0.25, 0.3) is 0 Å². The van der Waals surface area contributed by atoms with Gasteiger partial charge < -0.3 is 9.47 Å². The SMILES string of the molecule is COC(=O)C(C)(C)CN1C[C@@H](C)O[C@@H](C)C1. The number of rotatable bonds is 3. The van der Waals surface area contributed by atoms with Crippen molar-refractivity contribution in [2.75, 3.05) is 26.7 Å². The maximum atomic E-state index is 11.6. The number of hydrogen-bond donors (Lipinski definition) is 0. The Morgan fingerprint density at radius 3 is 2.31 bits per heavy atom. The Morgan fingerprint density at radius 2 is 1.88 bits per heavy atom. The molecule has 1 fully saturated rings. The van der Waals surface area contributed by atoms with E-state index in [2.05, 4.69) is 18.7 Å². The molecule has 0 aromatic carbocycles. The van der Waals surface area contributed by atoms with E-state index in [0.29, 0.717) is 0 Å². The number of esters is 1. The largest absolute Gasteiger partial charge is 0.469 e. The summed E-state index contributed by atoms with van der Waals surface area (Å²) in [6, 6.07) is 0. The summed E-state index contributed by atoms with van der Waals surface area (Å²) in [6.07, 6.45) is 0.467. The highest BCUT2D eigenvalue weighted by Crippen LogP contribution is 2.21. The molecule has 0 aromatic heterocycles. The lowest BCUT2D eigenvalue weighted by molar-refractivity contribution is -0.153. The van der Waals surface area contributed by atoms with E-state index in [1.807, 2.05) is 13.8 Å². The normalized spacial score (nSPS) is 27.8. The van der Waals surface area contributed by atoms with E-state index in [4.69, 9.17) is 9.47 Å². The first-order valence-electron chi connectivity index (χ1n) is 5.81. The van der Waals surface area contributed by atoms with Crippen LogP contribution in [0.2, 0.25) is 0 Å². The Balaban J connectivity index is 2.56. The van der Waals surface area contributed by atoms with Crippen LogP contribution in [-0.2, 0) is 14.3 Å². The monoisotopic (exact) mass is 229 g/mol. The molecular formula is C12H23NO3. The Morgan fingerprint density at radius 1 is 1.38 bits per heavy atom. The fourth-order valence-corrected chi connectivity index (χ4v) is 2.31. The van der Waals surface area contributed by atoms with Gasteiger partial charge in [0.2, 0.25) is 0 Å². The van der Waals surface area contributed by atoms with E-state index in [1.54, 1.807) is 0 Å². The number of hydrogen-bond acceptors (Lipinski definition) is 4. The molecule has 1 aliphatic heterocycles. The van der Waals surface area contributed by atoms with Crippen molar-refractivity contribution in [2.45, 2.75) is 39.9 Å². The first-order valence-corrected chi connectivity index (χ1v) is 5.81. The van der Waals surface area contributed by atoms with Crippen molar-refractivity contribution in [3.8, 4) is 0 Å². The van der Waals surface area contributed by atoms with Gasteiger partial charge in [-0.1, -0.05) is 0 Å². The van der Waals surface area contributed by atoms with Gasteiger partial charge in [0.1, 0.15) is 0 Å². The second-order valence-electron chi connectivity index (χ2n) is 5.33. The zero-order valence-electron chi connectivity index (χ0n) is 10.9. The summed E-state index contributed by atoms with van der Waals surface area (Å²) < 4.78 is 10.5. The van der Waals surface area contributed by atoms with Gasteiger partial charge in [-0.25, -0.2) is 0 Å². The number of carbonyl (C=O) groups excluding carboxylic acids is 1. The summed E-state index contributed by atoms with van der Waals surface area (Å²) in [5.41, 5.74) is -0.453. The van der Waals surface area contributed by atoms with Crippen LogP contribution in [0.3, 0.4) is 0 Å². The fraction of sp³-hybridized carbons (Fsp3) is 0.917. The highest BCUT2D eigenvalue weighted by atomic mass is 16.5. The van der Waals surface area contributed by atoms with E-state index < -0.39 is 5.41 Å². The predicted molar refractivity (Wildman–Crippen MR) is 62.2 cm³/mol. The molecule has 4 nitrogen and oxygen atoms in total. The van der Waals surface area contributed by atoms with Crippen LogP contribution in [-0.4, -0.2) is 49.8 Å². The molecule has 4 heteroatoms. The second kappa shape index (κ2) is 5.15. The van der Waals surface area contributed by atoms with Crippen molar-refractivity contribution in [2.24, 2.45) is 5.41 Å². The van der Waals surface area contributed by atoms with Gasteiger partial charge in [-0.15, -0.1) is 0 Å². The zero-order chi connectivity index (χ0) is 12.3. The lowest BCUT2D eigenvalue weighted by Gasteiger charge is -2.38. The van der Waals surface area contributed by atoms with Crippen LogP contribution < -0.4 is 0 Å². The van der Waals surface area contributed by atoms with E-state index in [9.17, 15) is 4.79 Å². The molecule has 0 bridgehead atoms. The fourth-order valence-electron chi connectivity index (χ4n) is 2.31. The number of nitrogens with zero attached hydrogens (tertiary/aromatic N) is 1. The molecule has 0 N–H and O–H groups in total. The van der Waals surface area contributed by atoms with E-state index in [1.165, 1.54) is 7.11 Å². The number of carbonyl (C=O) groups is 1. The van der Waals surface area contributed by atoms with Crippen molar-refractivity contribution in [1.29, 1.82) is 0 Å². The third-order valence-corrected chi connectivity index (χ3v) is 2.85. The topological polar surface area (TPSA) is 38.8 Å².